The number of hydrogen-bond acceptors (Lipinski definition) is 5. The van der Waals surface area contributed by atoms with Crippen LogP contribution in [0.2, 0.25) is 0 Å². The summed E-state index contributed by atoms with van der Waals surface area (Å²) >= 11 is 0. The van der Waals surface area contributed by atoms with Crippen LogP contribution >= 0.6 is 0 Å². The minimum Gasteiger partial charge on any atom is -0.467 e. The van der Waals surface area contributed by atoms with Gasteiger partial charge >= 0.3 is 5.97 Å². The lowest BCUT2D eigenvalue weighted by Crippen LogP contribution is -2.39. The second kappa shape index (κ2) is 7.60. The largest absolute Gasteiger partial charge is 0.467 e. The van der Waals surface area contributed by atoms with Crippen LogP contribution in [0, 0.1) is 0 Å². The molecule has 0 amide bonds. The SMILES string of the molecule is COC(=O)[C@](O)(Cc1cnc(-c2ccccc2)o1)c1ccc(C(C)(C)C)cc1. The van der Waals surface area contributed by atoms with Gasteiger partial charge in [0, 0.05) is 5.56 Å². The molecule has 0 saturated heterocycles. The molecule has 0 aliphatic carbocycles. The Bertz CT molecular complexity index is 939. The lowest BCUT2D eigenvalue weighted by Gasteiger charge is -2.26. The third kappa shape index (κ3) is 3.99. The molecule has 5 heteroatoms. The average molecular weight is 379 g/mol. The highest BCUT2D eigenvalue weighted by Crippen LogP contribution is 2.31. The summed E-state index contributed by atoms with van der Waals surface area (Å²) in [5.74, 6) is 0.0891. The van der Waals surface area contributed by atoms with Crippen molar-refractivity contribution in [2.24, 2.45) is 0 Å². The van der Waals surface area contributed by atoms with Gasteiger partial charge in [-0.15, -0.1) is 0 Å². The highest BCUT2D eigenvalue weighted by molar-refractivity contribution is 5.81. The Labute approximate surface area is 165 Å². The smallest absolute Gasteiger partial charge is 0.343 e. The zero-order valence-electron chi connectivity index (χ0n) is 16.6. The summed E-state index contributed by atoms with van der Waals surface area (Å²) in [7, 11) is 1.26. The van der Waals surface area contributed by atoms with Crippen molar-refractivity contribution in [3.05, 3.63) is 77.7 Å². The Kier molecular flexibility index (Phi) is 5.38. The van der Waals surface area contributed by atoms with Gasteiger partial charge in [0.1, 0.15) is 5.76 Å². The standard InChI is InChI=1S/C23H25NO4/c1-22(2,3)17-10-12-18(13-11-17)23(26,21(25)27-4)14-19-15-24-20(28-19)16-8-6-5-7-9-16/h5-13,15,26H,14H2,1-4H3/t23-/m0/s1. The van der Waals surface area contributed by atoms with Gasteiger partial charge in [-0.1, -0.05) is 63.2 Å². The van der Waals surface area contributed by atoms with E-state index < -0.39 is 11.6 Å². The first kappa shape index (κ1) is 19.8. The normalized spacial score (nSPS) is 13.8. The number of aliphatic hydroxyl groups is 1. The summed E-state index contributed by atoms with van der Waals surface area (Å²) in [5.41, 5.74) is 0.486. The molecule has 28 heavy (non-hydrogen) atoms. The Morgan fingerprint density at radius 1 is 1.04 bits per heavy atom. The number of nitrogens with zero attached hydrogens (tertiary/aromatic N) is 1. The van der Waals surface area contributed by atoms with Gasteiger partial charge < -0.3 is 14.3 Å². The first-order chi connectivity index (χ1) is 13.2. The number of methoxy groups -OCH3 is 1. The van der Waals surface area contributed by atoms with Gasteiger partial charge in [0.2, 0.25) is 5.89 Å². The number of carbonyl (C=O) groups excluding carboxylic acids is 1. The van der Waals surface area contributed by atoms with Gasteiger partial charge in [-0.3, -0.25) is 0 Å². The van der Waals surface area contributed by atoms with Crippen molar-refractivity contribution in [2.75, 3.05) is 7.11 Å². The van der Waals surface area contributed by atoms with E-state index in [1.54, 1.807) is 12.1 Å². The predicted molar refractivity (Wildman–Crippen MR) is 107 cm³/mol. The van der Waals surface area contributed by atoms with Crippen LogP contribution < -0.4 is 0 Å². The molecule has 5 nitrogen and oxygen atoms in total. The summed E-state index contributed by atoms with van der Waals surface area (Å²) in [6.07, 6.45) is 1.45. The number of benzene rings is 2. The predicted octanol–water partition coefficient (Wildman–Crippen LogP) is 4.24. The van der Waals surface area contributed by atoms with Gasteiger partial charge in [-0.25, -0.2) is 9.78 Å². The minimum absolute atomic E-state index is 0.0303. The van der Waals surface area contributed by atoms with Crippen molar-refractivity contribution in [1.82, 2.24) is 4.98 Å². The van der Waals surface area contributed by atoms with E-state index in [1.165, 1.54) is 13.3 Å². The van der Waals surface area contributed by atoms with E-state index in [0.29, 0.717) is 17.2 Å². The number of ether oxygens (including phenoxy) is 1. The summed E-state index contributed by atoms with van der Waals surface area (Å²) in [4.78, 5) is 16.7. The second-order valence-electron chi connectivity index (χ2n) is 7.85. The molecular weight excluding hydrogens is 354 g/mol. The zero-order valence-corrected chi connectivity index (χ0v) is 16.6. The van der Waals surface area contributed by atoms with Crippen LogP contribution in [0.25, 0.3) is 11.5 Å². The monoisotopic (exact) mass is 379 g/mol. The molecule has 1 atom stereocenters. The fourth-order valence-corrected chi connectivity index (χ4v) is 3.06. The molecule has 146 valence electrons. The van der Waals surface area contributed by atoms with Gasteiger partial charge in [0.15, 0.2) is 5.60 Å². The lowest BCUT2D eigenvalue weighted by atomic mass is 9.83. The van der Waals surface area contributed by atoms with Crippen LogP contribution in [-0.4, -0.2) is 23.2 Å². The second-order valence-corrected chi connectivity index (χ2v) is 7.85. The summed E-state index contributed by atoms with van der Waals surface area (Å²) in [6.45, 7) is 6.32. The number of carbonyl (C=O) groups is 1. The molecule has 0 spiro atoms. The summed E-state index contributed by atoms with van der Waals surface area (Å²) in [6, 6.07) is 16.8. The number of aromatic nitrogens is 1. The van der Waals surface area contributed by atoms with E-state index in [2.05, 4.69) is 25.8 Å². The van der Waals surface area contributed by atoms with E-state index in [9.17, 15) is 9.90 Å². The number of oxazole rings is 1. The van der Waals surface area contributed by atoms with Crippen molar-refractivity contribution in [2.45, 2.75) is 38.2 Å². The van der Waals surface area contributed by atoms with Crippen LogP contribution in [0.15, 0.2) is 65.2 Å². The van der Waals surface area contributed by atoms with Gasteiger partial charge in [0.05, 0.1) is 19.7 Å². The van der Waals surface area contributed by atoms with E-state index in [4.69, 9.17) is 9.15 Å². The van der Waals surface area contributed by atoms with Gasteiger partial charge in [-0.05, 0) is 28.7 Å². The van der Waals surface area contributed by atoms with Gasteiger partial charge in [0.25, 0.3) is 0 Å². The molecule has 0 fully saturated rings. The molecule has 3 rings (SSSR count). The van der Waals surface area contributed by atoms with Crippen LogP contribution in [0.5, 0.6) is 0 Å². The Hall–Kier alpha value is -2.92. The molecule has 1 aromatic heterocycles. The molecule has 0 aliphatic heterocycles. The highest BCUT2D eigenvalue weighted by atomic mass is 16.5. The Balaban J connectivity index is 1.92. The zero-order chi connectivity index (χ0) is 20.4. The highest BCUT2D eigenvalue weighted by Gasteiger charge is 2.41. The minimum atomic E-state index is -1.86. The Morgan fingerprint density at radius 3 is 2.21 bits per heavy atom. The van der Waals surface area contributed by atoms with Crippen molar-refractivity contribution >= 4 is 5.97 Å². The third-order valence-corrected chi connectivity index (χ3v) is 4.76. The summed E-state index contributed by atoms with van der Waals surface area (Å²) < 4.78 is 10.7. The number of esters is 1. The maximum Gasteiger partial charge on any atom is 0.343 e. The van der Waals surface area contributed by atoms with Crippen molar-refractivity contribution in [1.29, 1.82) is 0 Å². The van der Waals surface area contributed by atoms with Crippen molar-refractivity contribution < 1.29 is 19.1 Å². The van der Waals surface area contributed by atoms with Crippen LogP contribution in [0.3, 0.4) is 0 Å². The molecule has 0 radical (unpaired) electrons. The molecule has 1 N–H and O–H groups in total. The third-order valence-electron chi connectivity index (χ3n) is 4.76. The lowest BCUT2D eigenvalue weighted by molar-refractivity contribution is -0.164. The quantitative estimate of drug-likeness (QED) is 0.671. The van der Waals surface area contributed by atoms with E-state index in [1.807, 2.05) is 42.5 Å². The maximum atomic E-state index is 12.5. The molecule has 3 aromatic rings. The van der Waals surface area contributed by atoms with Gasteiger partial charge in [-0.2, -0.15) is 0 Å². The van der Waals surface area contributed by atoms with Crippen LogP contribution in [-0.2, 0) is 27.0 Å². The molecular formula is C23H25NO4. The van der Waals surface area contributed by atoms with Crippen LogP contribution in [0.4, 0.5) is 0 Å². The van der Waals surface area contributed by atoms with Crippen molar-refractivity contribution in [3.63, 3.8) is 0 Å². The fourth-order valence-electron chi connectivity index (χ4n) is 3.06. The molecule has 2 aromatic carbocycles. The molecule has 0 unspecified atom stereocenters. The number of rotatable bonds is 5. The van der Waals surface area contributed by atoms with Crippen LogP contribution in [0.1, 0.15) is 37.7 Å². The average Bonchev–Trinajstić information content (AvgIpc) is 3.15. The van der Waals surface area contributed by atoms with E-state index in [-0.39, 0.29) is 11.8 Å². The molecule has 0 saturated carbocycles. The molecule has 0 bridgehead atoms. The molecule has 1 heterocycles. The van der Waals surface area contributed by atoms with Crippen molar-refractivity contribution in [3.8, 4) is 11.5 Å². The first-order valence-electron chi connectivity index (χ1n) is 9.16. The Morgan fingerprint density at radius 2 is 1.64 bits per heavy atom. The topological polar surface area (TPSA) is 72.6 Å². The van der Waals surface area contributed by atoms with E-state index >= 15 is 0 Å². The fraction of sp³-hybridized carbons (Fsp3) is 0.304. The summed E-state index contributed by atoms with van der Waals surface area (Å²) in [5, 5.41) is 11.2. The maximum absolute atomic E-state index is 12.5. The van der Waals surface area contributed by atoms with E-state index in [0.717, 1.165) is 11.1 Å². The first-order valence-corrected chi connectivity index (χ1v) is 9.16. The number of hydrogen-bond donors (Lipinski definition) is 1. The molecule has 0 aliphatic rings.